The number of carbonyl (C=O) groups is 2. The van der Waals surface area contributed by atoms with Crippen LogP contribution < -0.4 is 0 Å². The summed E-state index contributed by atoms with van der Waals surface area (Å²) in [6.45, 7) is 1.55. The molecule has 0 unspecified atom stereocenters. The minimum Gasteiger partial charge on any atom is -0.477 e. The fraction of sp³-hybridized carbons (Fsp3) is 0.333. The maximum Gasteiger partial charge on any atom is 0.352 e. The van der Waals surface area contributed by atoms with Crippen LogP contribution in [0.5, 0.6) is 0 Å². The van der Waals surface area contributed by atoms with E-state index in [4.69, 9.17) is 0 Å². The van der Waals surface area contributed by atoms with Gasteiger partial charge in [-0.3, -0.25) is 4.79 Å². The Hall–Kier alpha value is -2.31. The predicted octanol–water partition coefficient (Wildman–Crippen LogP) is 3.47. The van der Waals surface area contributed by atoms with Crippen molar-refractivity contribution < 1.29 is 27.9 Å². The summed E-state index contributed by atoms with van der Waals surface area (Å²) in [5.41, 5.74) is 0.973. The molecule has 0 aliphatic carbocycles. The number of carbonyl (C=O) groups excluding carboxylic acids is 1. The van der Waals surface area contributed by atoms with Crippen LogP contribution in [-0.4, -0.2) is 28.3 Å². The van der Waals surface area contributed by atoms with E-state index < -0.39 is 24.0 Å². The number of benzene rings is 1. The molecule has 2 aromatic rings. The minimum absolute atomic E-state index is 0.104. The summed E-state index contributed by atoms with van der Waals surface area (Å²) in [5, 5.41) is 9.72. The number of hydrogen-bond acceptors (Lipinski definition) is 2. The molecule has 0 amide bonds. The third-order valence-corrected chi connectivity index (χ3v) is 3.49. The predicted molar refractivity (Wildman–Crippen MR) is 73.9 cm³/mol. The molecule has 0 saturated heterocycles. The number of hydrogen-bond donors (Lipinski definition) is 2. The number of rotatable bonds is 6. The number of alkyl halides is 2. The highest BCUT2D eigenvalue weighted by Gasteiger charge is 2.20. The zero-order valence-electron chi connectivity index (χ0n) is 11.8. The number of ketones is 1. The normalized spacial score (nSPS) is 11.3. The molecule has 7 heteroatoms. The van der Waals surface area contributed by atoms with Crippen LogP contribution in [0.15, 0.2) is 12.1 Å². The van der Waals surface area contributed by atoms with Gasteiger partial charge < -0.3 is 10.1 Å². The molecule has 118 valence electrons. The fourth-order valence-electron chi connectivity index (χ4n) is 2.37. The van der Waals surface area contributed by atoms with Crippen LogP contribution in [-0.2, 0) is 11.2 Å². The van der Waals surface area contributed by atoms with Crippen molar-refractivity contribution in [2.45, 2.75) is 32.6 Å². The number of H-pyrrole nitrogens is 1. The second kappa shape index (κ2) is 6.21. The van der Waals surface area contributed by atoms with Crippen molar-refractivity contribution in [2.24, 2.45) is 0 Å². The molecule has 0 saturated carbocycles. The molecule has 22 heavy (non-hydrogen) atoms. The van der Waals surface area contributed by atoms with Gasteiger partial charge in [0.05, 0.1) is 0 Å². The number of aromatic carboxylic acids is 1. The first-order valence-corrected chi connectivity index (χ1v) is 6.66. The van der Waals surface area contributed by atoms with Crippen LogP contribution in [0.25, 0.3) is 10.9 Å². The molecule has 0 radical (unpaired) electrons. The van der Waals surface area contributed by atoms with Crippen molar-refractivity contribution >= 4 is 22.7 Å². The molecule has 1 aromatic carbocycles. The van der Waals surface area contributed by atoms with Gasteiger partial charge in [-0.1, -0.05) is 0 Å². The molecule has 2 N–H and O–H groups in total. The van der Waals surface area contributed by atoms with Crippen LogP contribution in [0.3, 0.4) is 0 Å². The number of carboxylic acid groups (broad SMARTS) is 1. The van der Waals surface area contributed by atoms with Crippen LogP contribution in [0.4, 0.5) is 13.2 Å². The average Bonchev–Trinajstić information content (AvgIpc) is 2.77. The van der Waals surface area contributed by atoms with Gasteiger partial charge in [-0.25, -0.2) is 18.0 Å². The summed E-state index contributed by atoms with van der Waals surface area (Å²) in [7, 11) is 0. The van der Waals surface area contributed by atoms with E-state index in [2.05, 4.69) is 4.98 Å². The summed E-state index contributed by atoms with van der Waals surface area (Å²) < 4.78 is 37.9. The molecule has 0 aliphatic heterocycles. The molecular formula is C15H14F3NO3. The first kappa shape index (κ1) is 16.1. The number of aromatic amines is 1. The highest BCUT2D eigenvalue weighted by Crippen LogP contribution is 2.27. The Bertz CT molecular complexity index is 737. The zero-order chi connectivity index (χ0) is 16.4. The maximum atomic E-state index is 13.5. The maximum absolute atomic E-state index is 13.5. The van der Waals surface area contributed by atoms with Crippen molar-refractivity contribution in [1.29, 1.82) is 0 Å². The SMILES string of the molecule is Cc1cc2c(CCCC(=O)C(F)F)c(C(=O)O)[nH]c2cc1F. The summed E-state index contributed by atoms with van der Waals surface area (Å²) in [4.78, 5) is 24.8. The molecule has 1 heterocycles. The van der Waals surface area contributed by atoms with E-state index in [-0.39, 0.29) is 25.0 Å². The van der Waals surface area contributed by atoms with Crippen molar-refractivity contribution in [3.63, 3.8) is 0 Å². The number of aromatic nitrogens is 1. The van der Waals surface area contributed by atoms with E-state index in [1.165, 1.54) is 12.1 Å². The Balaban J connectivity index is 2.34. The highest BCUT2D eigenvalue weighted by atomic mass is 19.3. The topological polar surface area (TPSA) is 70.2 Å². The first-order valence-electron chi connectivity index (χ1n) is 6.66. The molecule has 0 spiro atoms. The Labute approximate surface area is 123 Å². The van der Waals surface area contributed by atoms with Gasteiger partial charge in [0.1, 0.15) is 11.5 Å². The van der Waals surface area contributed by atoms with E-state index in [9.17, 15) is 27.9 Å². The molecule has 0 atom stereocenters. The van der Waals surface area contributed by atoms with E-state index >= 15 is 0 Å². The van der Waals surface area contributed by atoms with Gasteiger partial charge in [-0.15, -0.1) is 0 Å². The van der Waals surface area contributed by atoms with Gasteiger partial charge in [-0.05, 0) is 43.0 Å². The van der Waals surface area contributed by atoms with Crippen LogP contribution >= 0.6 is 0 Å². The average molecular weight is 313 g/mol. The summed E-state index contributed by atoms with van der Waals surface area (Å²) in [5.74, 6) is -2.85. The Morgan fingerprint density at radius 1 is 1.32 bits per heavy atom. The Kier molecular flexibility index (Phi) is 4.54. The molecule has 1 aromatic heterocycles. The largest absolute Gasteiger partial charge is 0.477 e. The molecule has 0 bridgehead atoms. The first-order chi connectivity index (χ1) is 10.3. The fourth-order valence-corrected chi connectivity index (χ4v) is 2.37. The van der Waals surface area contributed by atoms with Gasteiger partial charge in [0.15, 0.2) is 5.78 Å². The third kappa shape index (κ3) is 3.13. The smallest absolute Gasteiger partial charge is 0.352 e. The Morgan fingerprint density at radius 2 is 2.00 bits per heavy atom. The van der Waals surface area contributed by atoms with Crippen molar-refractivity contribution in [3.05, 3.63) is 34.8 Å². The quantitative estimate of drug-likeness (QED) is 0.858. The lowest BCUT2D eigenvalue weighted by atomic mass is 10.0. The zero-order valence-corrected chi connectivity index (χ0v) is 11.8. The lowest BCUT2D eigenvalue weighted by molar-refractivity contribution is -0.129. The van der Waals surface area contributed by atoms with Gasteiger partial charge in [-0.2, -0.15) is 0 Å². The van der Waals surface area contributed by atoms with Crippen LogP contribution in [0.1, 0.15) is 34.5 Å². The van der Waals surface area contributed by atoms with Crippen molar-refractivity contribution in [2.75, 3.05) is 0 Å². The van der Waals surface area contributed by atoms with Gasteiger partial charge in [0.25, 0.3) is 6.43 Å². The number of halogens is 3. The standard InChI is InChI=1S/C15H14F3NO3/c1-7-5-9-8(3-2-4-12(20)14(17)18)13(15(21)22)19-11(9)6-10(7)16/h5-6,14,19H,2-4H2,1H3,(H,21,22). The van der Waals surface area contributed by atoms with Crippen LogP contribution in [0.2, 0.25) is 0 Å². The number of nitrogens with one attached hydrogen (secondary N) is 1. The Morgan fingerprint density at radius 3 is 2.59 bits per heavy atom. The molecule has 0 fully saturated rings. The van der Waals surface area contributed by atoms with E-state index in [0.29, 0.717) is 22.0 Å². The van der Waals surface area contributed by atoms with Gasteiger partial charge in [0, 0.05) is 17.3 Å². The number of carboxylic acids is 1. The number of Topliss-reactive ketones (excluding diaryl/α,β-unsaturated/α-hetero) is 1. The van der Waals surface area contributed by atoms with Gasteiger partial charge >= 0.3 is 5.97 Å². The lowest BCUT2D eigenvalue weighted by Gasteiger charge is -2.03. The number of aryl methyl sites for hydroxylation is 2. The number of fused-ring (bicyclic) bond motifs is 1. The van der Waals surface area contributed by atoms with E-state index in [0.717, 1.165) is 0 Å². The monoisotopic (exact) mass is 313 g/mol. The van der Waals surface area contributed by atoms with Gasteiger partial charge in [0.2, 0.25) is 0 Å². The molecule has 0 aliphatic rings. The van der Waals surface area contributed by atoms with E-state index in [1.807, 2.05) is 0 Å². The van der Waals surface area contributed by atoms with E-state index in [1.54, 1.807) is 6.92 Å². The second-order valence-corrected chi connectivity index (χ2v) is 5.05. The third-order valence-electron chi connectivity index (χ3n) is 3.49. The minimum atomic E-state index is -3.02. The molecule has 2 rings (SSSR count). The summed E-state index contributed by atoms with van der Waals surface area (Å²) in [6.07, 6.45) is -3.10. The highest BCUT2D eigenvalue weighted by molar-refractivity contribution is 5.97. The molecule has 4 nitrogen and oxygen atoms in total. The molecular weight excluding hydrogens is 299 g/mol. The second-order valence-electron chi connectivity index (χ2n) is 5.05. The lowest BCUT2D eigenvalue weighted by Crippen LogP contribution is -2.10. The van der Waals surface area contributed by atoms with Crippen LogP contribution in [0, 0.1) is 12.7 Å². The summed E-state index contributed by atoms with van der Waals surface area (Å²) >= 11 is 0. The van der Waals surface area contributed by atoms with Crippen molar-refractivity contribution in [1.82, 2.24) is 4.98 Å². The summed E-state index contributed by atoms with van der Waals surface area (Å²) in [6, 6.07) is 2.71. The van der Waals surface area contributed by atoms with Crippen molar-refractivity contribution in [3.8, 4) is 0 Å².